The van der Waals surface area contributed by atoms with E-state index in [0.717, 1.165) is 9.13 Å². The SMILES string of the molecule is CN(C(=O)C1=C[C@H]2OCO[C@H]2[C@H](OC(=O)c2ccc(I)cc2)C1)[C@H](Cc1ccccc1)C(=O)N[C@H](CO)CCC(=O)OC(C)(C)C. The minimum atomic E-state index is -0.961. The van der Waals surface area contributed by atoms with Crippen LogP contribution >= 0.6 is 22.6 Å². The van der Waals surface area contributed by atoms with Crippen LogP contribution in [0.4, 0.5) is 0 Å². The number of hydrogen-bond acceptors (Lipinski definition) is 9. The summed E-state index contributed by atoms with van der Waals surface area (Å²) in [7, 11) is 1.54. The molecule has 12 heteroatoms. The maximum Gasteiger partial charge on any atom is 0.338 e. The monoisotopic (exact) mass is 748 g/mol. The maximum absolute atomic E-state index is 14.0. The second-order valence-corrected chi connectivity index (χ2v) is 13.6. The number of aliphatic hydroxyl groups is 1. The van der Waals surface area contributed by atoms with Gasteiger partial charge in [0.2, 0.25) is 11.8 Å². The molecule has 11 nitrogen and oxygen atoms in total. The number of halogens is 1. The van der Waals surface area contributed by atoms with Crippen molar-refractivity contribution >= 4 is 46.3 Å². The fraction of sp³-hybridized carbons (Fsp3) is 0.471. The highest BCUT2D eigenvalue weighted by Crippen LogP contribution is 2.32. The first-order valence-corrected chi connectivity index (χ1v) is 16.3. The number of aliphatic hydroxyl groups excluding tert-OH is 1. The van der Waals surface area contributed by atoms with Gasteiger partial charge >= 0.3 is 11.9 Å². The standard InChI is InChI=1S/C34H41IN2O9/c1-34(2,3)46-29(39)15-14-25(19-38)36-31(40)26(16-21-8-6-5-7-9-21)37(4)32(41)23-17-27-30(44-20-43-27)28(18-23)45-33(42)22-10-12-24(35)13-11-22/h5-13,17,25-28,30,38H,14-16,18-20H2,1-4H3,(H,36,40)/t25-,26+,27+,28+,30+/m0/s1. The fourth-order valence-corrected chi connectivity index (χ4v) is 5.67. The van der Waals surface area contributed by atoms with Crippen LogP contribution in [0.3, 0.4) is 0 Å². The quantitative estimate of drug-likeness (QED) is 0.247. The van der Waals surface area contributed by atoms with Gasteiger partial charge in [-0.25, -0.2) is 4.79 Å². The van der Waals surface area contributed by atoms with Gasteiger partial charge in [-0.15, -0.1) is 0 Å². The molecule has 0 spiro atoms. The van der Waals surface area contributed by atoms with Gasteiger partial charge in [-0.2, -0.15) is 0 Å². The number of hydrogen-bond donors (Lipinski definition) is 2. The molecule has 0 saturated carbocycles. The van der Waals surface area contributed by atoms with Gasteiger partial charge < -0.3 is 34.3 Å². The maximum atomic E-state index is 14.0. The summed E-state index contributed by atoms with van der Waals surface area (Å²) >= 11 is 2.15. The summed E-state index contributed by atoms with van der Waals surface area (Å²) in [5.41, 5.74) is 0.871. The number of benzene rings is 2. The zero-order valence-electron chi connectivity index (χ0n) is 26.4. The minimum absolute atomic E-state index is 0.000728. The van der Waals surface area contributed by atoms with Crippen LogP contribution in [0, 0.1) is 3.57 Å². The second-order valence-electron chi connectivity index (χ2n) is 12.4. The molecule has 2 aromatic rings. The molecule has 46 heavy (non-hydrogen) atoms. The van der Waals surface area contributed by atoms with Gasteiger partial charge in [0.15, 0.2) is 0 Å². The van der Waals surface area contributed by atoms with Crippen molar-refractivity contribution in [2.24, 2.45) is 0 Å². The Kier molecular flexibility index (Phi) is 12.3. The van der Waals surface area contributed by atoms with Gasteiger partial charge in [-0.1, -0.05) is 30.3 Å². The summed E-state index contributed by atoms with van der Waals surface area (Å²) in [5, 5.41) is 12.8. The molecule has 0 radical (unpaired) electrons. The Morgan fingerprint density at radius 1 is 1.07 bits per heavy atom. The Balaban J connectivity index is 1.50. The average molecular weight is 749 g/mol. The number of likely N-dealkylation sites (N-methyl/N-ethyl adjacent to an activating group) is 1. The number of amides is 2. The Bertz CT molecular complexity index is 1410. The predicted octanol–water partition coefficient (Wildman–Crippen LogP) is 3.56. The largest absolute Gasteiger partial charge is 0.460 e. The van der Waals surface area contributed by atoms with E-state index in [1.54, 1.807) is 51.1 Å². The Hall–Kier alpha value is -3.33. The Morgan fingerprint density at radius 3 is 2.41 bits per heavy atom. The molecule has 0 unspecified atom stereocenters. The third kappa shape index (κ3) is 9.84. The molecule has 1 saturated heterocycles. The van der Waals surface area contributed by atoms with Crippen molar-refractivity contribution in [1.82, 2.24) is 10.2 Å². The zero-order chi connectivity index (χ0) is 33.4. The number of rotatable bonds is 12. The lowest BCUT2D eigenvalue weighted by molar-refractivity contribution is -0.155. The van der Waals surface area contributed by atoms with E-state index in [0.29, 0.717) is 11.1 Å². The molecule has 2 amide bonds. The molecule has 1 fully saturated rings. The highest BCUT2D eigenvalue weighted by atomic mass is 127. The molecular weight excluding hydrogens is 707 g/mol. The summed E-state index contributed by atoms with van der Waals surface area (Å²) in [6, 6.07) is 14.5. The van der Waals surface area contributed by atoms with Gasteiger partial charge in [-0.3, -0.25) is 14.4 Å². The molecule has 5 atom stereocenters. The van der Waals surface area contributed by atoms with E-state index in [-0.39, 0.29) is 32.5 Å². The number of carbonyl (C=O) groups is 4. The number of esters is 2. The van der Waals surface area contributed by atoms with E-state index < -0.39 is 66.4 Å². The van der Waals surface area contributed by atoms with Crippen LogP contribution in [-0.4, -0.2) is 90.2 Å². The minimum Gasteiger partial charge on any atom is -0.460 e. The van der Waals surface area contributed by atoms with Crippen LogP contribution in [0.5, 0.6) is 0 Å². The normalized spacial score (nSPS) is 20.5. The smallest absolute Gasteiger partial charge is 0.338 e. The molecular formula is C34H41IN2O9. The molecule has 248 valence electrons. The van der Waals surface area contributed by atoms with Crippen LogP contribution in [0.15, 0.2) is 66.2 Å². The van der Waals surface area contributed by atoms with E-state index in [1.165, 1.54) is 11.9 Å². The van der Waals surface area contributed by atoms with Crippen molar-refractivity contribution in [3.8, 4) is 0 Å². The summed E-state index contributed by atoms with van der Waals surface area (Å²) in [5.74, 6) is -1.90. The molecule has 2 aliphatic rings. The lowest BCUT2D eigenvalue weighted by Crippen LogP contribution is -2.53. The summed E-state index contributed by atoms with van der Waals surface area (Å²) in [6.07, 6.45) is 0.122. The third-order valence-corrected chi connectivity index (χ3v) is 8.38. The third-order valence-electron chi connectivity index (χ3n) is 7.66. The van der Waals surface area contributed by atoms with Crippen LogP contribution < -0.4 is 5.32 Å². The first-order valence-electron chi connectivity index (χ1n) is 15.2. The molecule has 2 N–H and O–H groups in total. The highest BCUT2D eigenvalue weighted by molar-refractivity contribution is 14.1. The van der Waals surface area contributed by atoms with E-state index in [4.69, 9.17) is 18.9 Å². The fourth-order valence-electron chi connectivity index (χ4n) is 5.31. The molecule has 2 aromatic carbocycles. The second kappa shape index (κ2) is 16.0. The molecule has 1 heterocycles. The lowest BCUT2D eigenvalue weighted by atomic mass is 9.90. The van der Waals surface area contributed by atoms with E-state index in [1.807, 2.05) is 30.3 Å². The van der Waals surface area contributed by atoms with Gasteiger partial charge in [-0.05, 0) is 85.7 Å². The van der Waals surface area contributed by atoms with Crippen molar-refractivity contribution in [2.75, 3.05) is 20.4 Å². The lowest BCUT2D eigenvalue weighted by Gasteiger charge is -2.34. The summed E-state index contributed by atoms with van der Waals surface area (Å²) in [6.45, 7) is 4.89. The topological polar surface area (TPSA) is 141 Å². The first-order chi connectivity index (χ1) is 21.8. The molecule has 4 rings (SSSR count). The van der Waals surface area contributed by atoms with Crippen LogP contribution in [0.2, 0.25) is 0 Å². The van der Waals surface area contributed by atoms with Crippen molar-refractivity contribution in [3.05, 3.63) is 80.9 Å². The van der Waals surface area contributed by atoms with Gasteiger partial charge in [0.25, 0.3) is 0 Å². The number of fused-ring (bicyclic) bond motifs is 1. The van der Waals surface area contributed by atoms with Crippen molar-refractivity contribution in [3.63, 3.8) is 0 Å². The van der Waals surface area contributed by atoms with E-state index in [2.05, 4.69) is 27.9 Å². The Morgan fingerprint density at radius 2 is 1.76 bits per heavy atom. The first kappa shape index (κ1) is 35.5. The highest BCUT2D eigenvalue weighted by Gasteiger charge is 2.43. The zero-order valence-corrected chi connectivity index (χ0v) is 28.6. The van der Waals surface area contributed by atoms with Gasteiger partial charge in [0.05, 0.1) is 18.2 Å². The predicted molar refractivity (Wildman–Crippen MR) is 176 cm³/mol. The summed E-state index contributed by atoms with van der Waals surface area (Å²) < 4.78 is 23.6. The molecule has 0 bridgehead atoms. The molecule has 1 aliphatic heterocycles. The number of carbonyl (C=O) groups excluding carboxylic acids is 4. The molecule has 0 aromatic heterocycles. The van der Waals surface area contributed by atoms with Crippen LogP contribution in [-0.2, 0) is 39.8 Å². The van der Waals surface area contributed by atoms with Crippen molar-refractivity contribution in [1.29, 1.82) is 0 Å². The number of ether oxygens (including phenoxy) is 4. The number of nitrogens with zero attached hydrogens (tertiary/aromatic N) is 1. The summed E-state index contributed by atoms with van der Waals surface area (Å²) in [4.78, 5) is 54.3. The van der Waals surface area contributed by atoms with Gasteiger partial charge in [0.1, 0.15) is 36.7 Å². The van der Waals surface area contributed by atoms with Crippen molar-refractivity contribution in [2.45, 2.75) is 82.5 Å². The average Bonchev–Trinajstić information content (AvgIpc) is 3.50. The van der Waals surface area contributed by atoms with E-state index in [9.17, 15) is 24.3 Å². The number of nitrogens with one attached hydrogen (secondary N) is 1. The van der Waals surface area contributed by atoms with Crippen LogP contribution in [0.25, 0.3) is 0 Å². The molecule has 1 aliphatic carbocycles. The van der Waals surface area contributed by atoms with Crippen LogP contribution in [0.1, 0.15) is 56.0 Å². The Labute approximate surface area is 282 Å². The van der Waals surface area contributed by atoms with Gasteiger partial charge in [0, 0.05) is 35.5 Å². The van der Waals surface area contributed by atoms with E-state index >= 15 is 0 Å². The van der Waals surface area contributed by atoms with Crippen molar-refractivity contribution < 1.29 is 43.2 Å².